The molecule has 0 aromatic heterocycles. The number of hydrazine groups is 1. The van der Waals surface area contributed by atoms with Crippen LogP contribution >= 0.6 is 0 Å². The molecule has 0 aliphatic carbocycles. The third-order valence-corrected chi connectivity index (χ3v) is 0.967. The van der Waals surface area contributed by atoms with Gasteiger partial charge in [0.25, 0.3) is 0 Å². The molecule has 0 spiro atoms. The molecule has 0 saturated carbocycles. The van der Waals surface area contributed by atoms with E-state index in [1.165, 1.54) is 6.42 Å². The summed E-state index contributed by atoms with van der Waals surface area (Å²) in [5.41, 5.74) is 3.61. The zero-order chi connectivity index (χ0) is 8.41. The van der Waals surface area contributed by atoms with E-state index in [1.54, 1.807) is 0 Å². The lowest BCUT2D eigenvalue weighted by Gasteiger charge is -1.95. The summed E-state index contributed by atoms with van der Waals surface area (Å²) in [6.07, 6.45) is 4.37. The van der Waals surface area contributed by atoms with Gasteiger partial charge in [-0.15, -0.1) is 0 Å². The van der Waals surface area contributed by atoms with E-state index in [0.29, 0.717) is 0 Å². The largest absolute Gasteiger partial charge is 0.329 e. The van der Waals surface area contributed by atoms with E-state index in [0.717, 1.165) is 12.1 Å². The molecule has 0 radical (unpaired) electrons. The number of hydrogen-bond donors (Lipinski definition) is 2. The predicted molar refractivity (Wildman–Crippen MR) is 47.3 cm³/mol. The Morgan fingerprint density at radius 1 is 1.50 bits per heavy atom. The Hall–Kier alpha value is -0.500. The average Bonchev–Trinajstić information content (AvgIpc) is 2.04. The summed E-state index contributed by atoms with van der Waals surface area (Å²) in [6.45, 7) is 8.09. The van der Waals surface area contributed by atoms with Crippen molar-refractivity contribution >= 4 is 0 Å². The normalized spacial score (nSPS) is 9.90. The van der Waals surface area contributed by atoms with Crippen LogP contribution in [0.1, 0.15) is 40.5 Å². The minimum atomic E-state index is 1.05. The van der Waals surface area contributed by atoms with Gasteiger partial charge in [-0.2, -0.15) is 0 Å². The van der Waals surface area contributed by atoms with Crippen molar-refractivity contribution < 1.29 is 0 Å². The summed E-state index contributed by atoms with van der Waals surface area (Å²) in [5.74, 6) is 5.09. The zero-order valence-electron chi connectivity index (χ0n) is 7.57. The van der Waals surface area contributed by atoms with E-state index in [4.69, 9.17) is 5.84 Å². The molecule has 0 atom stereocenters. The molecule has 0 heterocycles. The molecule has 62 valence electrons. The molecule has 2 heteroatoms. The van der Waals surface area contributed by atoms with Crippen LogP contribution in [0.2, 0.25) is 0 Å². The second-order valence-corrected chi connectivity index (χ2v) is 1.82. The van der Waals surface area contributed by atoms with E-state index in [9.17, 15) is 0 Å². The maximum absolute atomic E-state index is 5.09. The lowest BCUT2D eigenvalue weighted by molar-refractivity contribution is 0.854. The van der Waals surface area contributed by atoms with E-state index in [2.05, 4.69) is 18.4 Å². The van der Waals surface area contributed by atoms with E-state index >= 15 is 0 Å². The highest BCUT2D eigenvalue weighted by atomic mass is 15.2. The highest BCUT2D eigenvalue weighted by Gasteiger charge is 1.78. The van der Waals surface area contributed by atoms with Crippen molar-refractivity contribution in [1.82, 2.24) is 5.43 Å². The van der Waals surface area contributed by atoms with Gasteiger partial charge >= 0.3 is 0 Å². The Morgan fingerprint density at radius 3 is 2.30 bits per heavy atom. The summed E-state index contributed by atoms with van der Waals surface area (Å²) in [5, 5.41) is 0. The molecule has 10 heavy (non-hydrogen) atoms. The van der Waals surface area contributed by atoms with Crippen LogP contribution in [-0.2, 0) is 0 Å². The zero-order valence-corrected chi connectivity index (χ0v) is 7.57. The molecule has 0 bridgehead atoms. The Balaban J connectivity index is 0. The highest BCUT2D eigenvalue weighted by Crippen LogP contribution is 1.91. The molecular weight excluding hydrogens is 124 g/mol. The molecule has 0 saturated heterocycles. The maximum Gasteiger partial charge on any atom is 0.0188 e. The van der Waals surface area contributed by atoms with Crippen LogP contribution in [0.3, 0.4) is 0 Å². The fourth-order valence-electron chi connectivity index (χ4n) is 0.420. The minimum Gasteiger partial charge on any atom is -0.329 e. The van der Waals surface area contributed by atoms with Crippen LogP contribution < -0.4 is 11.3 Å². The number of allylic oxidation sites excluding steroid dienone is 2. The van der Waals surface area contributed by atoms with Gasteiger partial charge < -0.3 is 5.43 Å². The third kappa shape index (κ3) is 10.5. The second kappa shape index (κ2) is 11.3. The molecule has 3 N–H and O–H groups in total. The summed E-state index contributed by atoms with van der Waals surface area (Å²) >= 11 is 0. The van der Waals surface area contributed by atoms with E-state index in [1.807, 2.05) is 20.8 Å². The monoisotopic (exact) mass is 144 g/mol. The second-order valence-electron chi connectivity index (χ2n) is 1.82. The molecule has 0 aliphatic rings. The predicted octanol–water partition coefficient (Wildman–Crippen LogP) is 2.18. The molecule has 0 aliphatic heterocycles. The Bertz CT molecular complexity index is 77.3. The number of unbranched alkanes of at least 4 members (excludes halogenated alkanes) is 1. The first-order chi connectivity index (χ1) is 4.81. The van der Waals surface area contributed by atoms with Gasteiger partial charge in [0, 0.05) is 5.70 Å². The number of nitrogens with one attached hydrogen (secondary N) is 1. The first-order valence-corrected chi connectivity index (χ1v) is 3.94. The van der Waals surface area contributed by atoms with Gasteiger partial charge in [-0.05, 0) is 13.3 Å². The number of rotatable bonds is 3. The summed E-state index contributed by atoms with van der Waals surface area (Å²) < 4.78 is 0. The highest BCUT2D eigenvalue weighted by molar-refractivity contribution is 4.92. The number of nitrogens with two attached hydrogens (primary N) is 1. The molecular formula is C8H20N2. The standard InChI is InChI=1S/C6H14N2.C2H6/c1-3-4-5-6(2)8-7;1-2/h5,8H,3-4,7H2,1-2H3;1-2H3/b6-5-;. The molecule has 0 unspecified atom stereocenters. The van der Waals surface area contributed by atoms with Crippen LogP contribution in [0.5, 0.6) is 0 Å². The van der Waals surface area contributed by atoms with Gasteiger partial charge in [0.2, 0.25) is 0 Å². The van der Waals surface area contributed by atoms with Crippen LogP contribution in [-0.4, -0.2) is 0 Å². The minimum absolute atomic E-state index is 1.05. The van der Waals surface area contributed by atoms with E-state index < -0.39 is 0 Å². The Morgan fingerprint density at radius 2 is 2.00 bits per heavy atom. The third-order valence-electron chi connectivity index (χ3n) is 0.967. The average molecular weight is 144 g/mol. The summed E-state index contributed by atoms with van der Waals surface area (Å²) in [7, 11) is 0. The van der Waals surface area contributed by atoms with Gasteiger partial charge in [0.1, 0.15) is 0 Å². The Labute approximate surface area is 64.5 Å². The Kier molecular flexibility index (Phi) is 13.8. The summed E-state index contributed by atoms with van der Waals surface area (Å²) in [6, 6.07) is 0. The molecule has 2 nitrogen and oxygen atoms in total. The van der Waals surface area contributed by atoms with Crippen molar-refractivity contribution in [3.05, 3.63) is 11.8 Å². The van der Waals surface area contributed by atoms with Crippen LogP contribution in [0.15, 0.2) is 11.8 Å². The van der Waals surface area contributed by atoms with Crippen molar-refractivity contribution in [2.45, 2.75) is 40.5 Å². The van der Waals surface area contributed by atoms with Gasteiger partial charge in [0.15, 0.2) is 0 Å². The van der Waals surface area contributed by atoms with Gasteiger partial charge in [0.05, 0.1) is 0 Å². The first kappa shape index (κ1) is 12.2. The fraction of sp³-hybridized carbons (Fsp3) is 0.750. The van der Waals surface area contributed by atoms with E-state index in [-0.39, 0.29) is 0 Å². The molecule has 0 aromatic carbocycles. The van der Waals surface area contributed by atoms with Crippen LogP contribution in [0.4, 0.5) is 0 Å². The van der Waals surface area contributed by atoms with Crippen molar-refractivity contribution in [3.8, 4) is 0 Å². The maximum atomic E-state index is 5.09. The lowest BCUT2D eigenvalue weighted by Crippen LogP contribution is -2.18. The van der Waals surface area contributed by atoms with Crippen molar-refractivity contribution in [3.63, 3.8) is 0 Å². The van der Waals surface area contributed by atoms with Crippen molar-refractivity contribution in [2.75, 3.05) is 0 Å². The lowest BCUT2D eigenvalue weighted by atomic mass is 10.3. The van der Waals surface area contributed by atoms with Gasteiger partial charge in [-0.25, -0.2) is 0 Å². The molecule has 0 fully saturated rings. The number of hydrogen-bond acceptors (Lipinski definition) is 2. The molecule has 0 amide bonds. The van der Waals surface area contributed by atoms with Crippen LogP contribution in [0, 0.1) is 0 Å². The summed E-state index contributed by atoms with van der Waals surface area (Å²) in [4.78, 5) is 0. The molecule has 0 aromatic rings. The van der Waals surface area contributed by atoms with Crippen molar-refractivity contribution in [2.24, 2.45) is 5.84 Å². The fourth-order valence-corrected chi connectivity index (χ4v) is 0.420. The quantitative estimate of drug-likeness (QED) is 0.470. The van der Waals surface area contributed by atoms with Crippen molar-refractivity contribution in [1.29, 1.82) is 0 Å². The topological polar surface area (TPSA) is 38.0 Å². The first-order valence-electron chi connectivity index (χ1n) is 3.94. The molecule has 0 rings (SSSR count). The smallest absolute Gasteiger partial charge is 0.0188 e. The van der Waals surface area contributed by atoms with Crippen LogP contribution in [0.25, 0.3) is 0 Å². The van der Waals surface area contributed by atoms with Gasteiger partial charge in [-0.1, -0.05) is 33.3 Å². The van der Waals surface area contributed by atoms with Gasteiger partial charge in [-0.3, -0.25) is 5.84 Å². The SMILES string of the molecule is CC.CCC/C=C(/C)NN.